The second kappa shape index (κ2) is 6.55. The maximum absolute atomic E-state index is 12.7. The first kappa shape index (κ1) is 15.3. The number of morpholine rings is 1. The molecular formula is C12H18F3N3O2. The third-order valence-electron chi connectivity index (χ3n) is 3.24. The molecule has 1 aliphatic heterocycles. The van der Waals surface area contributed by atoms with Crippen LogP contribution in [0.15, 0.2) is 12.5 Å². The van der Waals surface area contributed by atoms with Gasteiger partial charge in [0.25, 0.3) is 0 Å². The van der Waals surface area contributed by atoms with Gasteiger partial charge in [-0.2, -0.15) is 13.2 Å². The molecule has 1 aliphatic rings. The van der Waals surface area contributed by atoms with E-state index >= 15 is 0 Å². The zero-order chi connectivity index (χ0) is 14.6. The highest BCUT2D eigenvalue weighted by Gasteiger charge is 2.43. The fraction of sp³-hybridized carbons (Fsp3) is 0.750. The number of nitrogens with zero attached hydrogens (tertiary/aromatic N) is 3. The molecule has 0 spiro atoms. The molecule has 0 saturated carbocycles. The van der Waals surface area contributed by atoms with Crippen LogP contribution in [-0.2, 0) is 22.6 Å². The Bertz CT molecular complexity index is 422. The summed E-state index contributed by atoms with van der Waals surface area (Å²) in [7, 11) is 1.60. The van der Waals surface area contributed by atoms with E-state index in [2.05, 4.69) is 4.98 Å². The summed E-state index contributed by atoms with van der Waals surface area (Å²) in [6, 6.07) is 0. The van der Waals surface area contributed by atoms with Crippen molar-refractivity contribution in [1.82, 2.24) is 14.5 Å². The van der Waals surface area contributed by atoms with E-state index in [0.29, 0.717) is 26.2 Å². The van der Waals surface area contributed by atoms with Crippen LogP contribution >= 0.6 is 0 Å². The van der Waals surface area contributed by atoms with Crippen molar-refractivity contribution in [2.45, 2.75) is 25.4 Å². The summed E-state index contributed by atoms with van der Waals surface area (Å²) in [5.74, 6) is 0. The van der Waals surface area contributed by atoms with E-state index in [1.807, 2.05) is 4.57 Å². The van der Waals surface area contributed by atoms with Gasteiger partial charge in [-0.1, -0.05) is 0 Å². The molecule has 1 saturated heterocycles. The van der Waals surface area contributed by atoms with Gasteiger partial charge in [-0.15, -0.1) is 0 Å². The molecule has 5 nitrogen and oxygen atoms in total. The molecule has 1 aromatic rings. The molecule has 0 aliphatic carbocycles. The number of halogens is 3. The van der Waals surface area contributed by atoms with Gasteiger partial charge in [0.1, 0.15) is 0 Å². The lowest BCUT2D eigenvalue weighted by Gasteiger charge is -2.33. The lowest BCUT2D eigenvalue weighted by Crippen LogP contribution is -2.48. The first-order valence-electron chi connectivity index (χ1n) is 6.39. The molecule has 1 fully saturated rings. The van der Waals surface area contributed by atoms with Crippen LogP contribution in [0.5, 0.6) is 0 Å². The molecule has 0 amide bonds. The van der Waals surface area contributed by atoms with Crippen molar-refractivity contribution in [3.8, 4) is 0 Å². The predicted molar refractivity (Wildman–Crippen MR) is 65.2 cm³/mol. The topological polar surface area (TPSA) is 39.5 Å². The quantitative estimate of drug-likeness (QED) is 0.820. The molecule has 8 heteroatoms. The highest BCUT2D eigenvalue weighted by atomic mass is 19.4. The van der Waals surface area contributed by atoms with Gasteiger partial charge < -0.3 is 14.0 Å². The maximum atomic E-state index is 12.7. The molecule has 0 radical (unpaired) electrons. The van der Waals surface area contributed by atoms with Gasteiger partial charge in [0.2, 0.25) is 0 Å². The van der Waals surface area contributed by atoms with Gasteiger partial charge in [-0.25, -0.2) is 4.98 Å². The van der Waals surface area contributed by atoms with Crippen LogP contribution < -0.4 is 0 Å². The van der Waals surface area contributed by atoms with Crippen LogP contribution in [-0.4, -0.2) is 60.1 Å². The van der Waals surface area contributed by atoms with Gasteiger partial charge in [0.15, 0.2) is 6.10 Å². The van der Waals surface area contributed by atoms with E-state index in [0.717, 1.165) is 5.69 Å². The molecule has 2 heterocycles. The third-order valence-corrected chi connectivity index (χ3v) is 3.24. The zero-order valence-electron chi connectivity index (χ0n) is 11.3. The molecule has 0 N–H and O–H groups in total. The van der Waals surface area contributed by atoms with E-state index in [9.17, 15) is 13.2 Å². The normalized spacial score (nSPS) is 21.3. The largest absolute Gasteiger partial charge is 0.415 e. The number of rotatable bonds is 5. The minimum absolute atomic E-state index is 0.0936. The van der Waals surface area contributed by atoms with Crippen molar-refractivity contribution < 1.29 is 22.6 Å². The molecule has 20 heavy (non-hydrogen) atoms. The summed E-state index contributed by atoms with van der Waals surface area (Å²) in [6.07, 6.45) is -2.68. The standard InChI is InChI=1S/C12H18F3N3O2/c1-19-4-3-18-9-16-6-10(18)7-17-2-5-20-11(8-17)12(13,14)15/h6,9,11H,2-5,7-8H2,1H3. The molecule has 2 rings (SSSR count). The van der Waals surface area contributed by atoms with Crippen molar-refractivity contribution in [2.75, 3.05) is 33.4 Å². The van der Waals surface area contributed by atoms with Crippen LogP contribution in [0.2, 0.25) is 0 Å². The van der Waals surface area contributed by atoms with Crippen LogP contribution in [0.25, 0.3) is 0 Å². The van der Waals surface area contributed by atoms with Crippen molar-refractivity contribution in [3.05, 3.63) is 18.2 Å². The van der Waals surface area contributed by atoms with E-state index < -0.39 is 12.3 Å². The first-order valence-corrected chi connectivity index (χ1v) is 6.39. The molecule has 1 aromatic heterocycles. The third kappa shape index (κ3) is 3.94. The summed E-state index contributed by atoms with van der Waals surface area (Å²) in [5.41, 5.74) is 0.880. The lowest BCUT2D eigenvalue weighted by molar-refractivity contribution is -0.237. The van der Waals surface area contributed by atoms with Gasteiger partial charge in [-0.05, 0) is 0 Å². The van der Waals surface area contributed by atoms with Crippen LogP contribution in [0.3, 0.4) is 0 Å². The smallest absolute Gasteiger partial charge is 0.383 e. The van der Waals surface area contributed by atoms with Crippen molar-refractivity contribution in [3.63, 3.8) is 0 Å². The Kier molecular flexibility index (Phi) is 5.00. The summed E-state index contributed by atoms with van der Waals surface area (Å²) < 4.78 is 49.6. The van der Waals surface area contributed by atoms with Crippen LogP contribution in [0, 0.1) is 0 Å². The monoisotopic (exact) mass is 293 g/mol. The van der Waals surface area contributed by atoms with Crippen molar-refractivity contribution in [2.24, 2.45) is 0 Å². The highest BCUT2D eigenvalue weighted by Crippen LogP contribution is 2.26. The SMILES string of the molecule is COCCn1cncc1CN1CCOC(C(F)(F)F)C1. The first-order chi connectivity index (χ1) is 9.50. The van der Waals surface area contributed by atoms with Gasteiger partial charge in [-0.3, -0.25) is 4.90 Å². The van der Waals surface area contributed by atoms with E-state index in [1.54, 1.807) is 24.5 Å². The number of imidazole rings is 1. The molecule has 0 aromatic carbocycles. The Morgan fingerprint density at radius 1 is 1.50 bits per heavy atom. The van der Waals surface area contributed by atoms with Crippen LogP contribution in [0.4, 0.5) is 13.2 Å². The Morgan fingerprint density at radius 2 is 2.30 bits per heavy atom. The predicted octanol–water partition coefficient (Wildman–Crippen LogP) is 1.29. The number of hydrogen-bond acceptors (Lipinski definition) is 4. The number of aromatic nitrogens is 2. The number of ether oxygens (including phenoxy) is 2. The average molecular weight is 293 g/mol. The summed E-state index contributed by atoms with van der Waals surface area (Å²) in [6.45, 7) is 2.05. The minimum atomic E-state index is -4.31. The lowest BCUT2D eigenvalue weighted by atomic mass is 10.2. The van der Waals surface area contributed by atoms with E-state index in [-0.39, 0.29) is 13.2 Å². The zero-order valence-corrected chi connectivity index (χ0v) is 11.3. The number of hydrogen-bond donors (Lipinski definition) is 0. The molecule has 1 atom stereocenters. The summed E-state index contributed by atoms with van der Waals surface area (Å²) in [4.78, 5) is 5.77. The fourth-order valence-electron chi connectivity index (χ4n) is 2.14. The summed E-state index contributed by atoms with van der Waals surface area (Å²) in [5, 5.41) is 0. The maximum Gasteiger partial charge on any atom is 0.415 e. The molecule has 0 bridgehead atoms. The summed E-state index contributed by atoms with van der Waals surface area (Å²) >= 11 is 0. The second-order valence-electron chi connectivity index (χ2n) is 4.71. The average Bonchev–Trinajstić information content (AvgIpc) is 2.83. The van der Waals surface area contributed by atoms with Crippen LogP contribution in [0.1, 0.15) is 5.69 Å². The van der Waals surface area contributed by atoms with Gasteiger partial charge in [0.05, 0.1) is 25.2 Å². The highest BCUT2D eigenvalue weighted by molar-refractivity contribution is 4.99. The van der Waals surface area contributed by atoms with E-state index in [4.69, 9.17) is 9.47 Å². The fourth-order valence-corrected chi connectivity index (χ4v) is 2.14. The molecular weight excluding hydrogens is 275 g/mol. The van der Waals surface area contributed by atoms with Crippen molar-refractivity contribution >= 4 is 0 Å². The number of alkyl halides is 3. The number of methoxy groups -OCH3 is 1. The van der Waals surface area contributed by atoms with E-state index in [1.165, 1.54) is 0 Å². The van der Waals surface area contributed by atoms with Gasteiger partial charge >= 0.3 is 6.18 Å². The van der Waals surface area contributed by atoms with Gasteiger partial charge in [0, 0.05) is 39.5 Å². The Labute approximate surface area is 115 Å². The van der Waals surface area contributed by atoms with Crippen molar-refractivity contribution in [1.29, 1.82) is 0 Å². The Balaban J connectivity index is 1.94. The molecule has 114 valence electrons. The minimum Gasteiger partial charge on any atom is -0.383 e. The Hall–Kier alpha value is -1.12. The Morgan fingerprint density at radius 3 is 3.00 bits per heavy atom. The molecule has 1 unspecified atom stereocenters. The second-order valence-corrected chi connectivity index (χ2v) is 4.71.